The molecule has 4 heteroatoms. The van der Waals surface area contributed by atoms with E-state index in [1.54, 1.807) is 23.0 Å². The van der Waals surface area contributed by atoms with Gasteiger partial charge in [0.05, 0.1) is 19.0 Å². The Kier molecular flexibility index (Phi) is 2.41. The third kappa shape index (κ3) is 1.83. The van der Waals surface area contributed by atoms with E-state index in [-0.39, 0.29) is 11.6 Å². The third-order valence-electron chi connectivity index (χ3n) is 2.11. The number of hydrogen-bond donors (Lipinski definition) is 0. The molecule has 0 atom stereocenters. The van der Waals surface area contributed by atoms with Crippen molar-refractivity contribution in [2.24, 2.45) is 0 Å². The second-order valence-electron chi connectivity index (χ2n) is 3.28. The number of aromatic nitrogens is 2. The van der Waals surface area contributed by atoms with Gasteiger partial charge in [0.15, 0.2) is 11.6 Å². The summed E-state index contributed by atoms with van der Waals surface area (Å²) in [7, 11) is 1.44. The van der Waals surface area contributed by atoms with Crippen LogP contribution in [0.1, 0.15) is 5.56 Å². The first-order valence-corrected chi connectivity index (χ1v) is 4.56. The fourth-order valence-electron chi connectivity index (χ4n) is 1.35. The highest BCUT2D eigenvalue weighted by molar-refractivity contribution is 5.38. The van der Waals surface area contributed by atoms with Crippen molar-refractivity contribution in [3.8, 4) is 11.4 Å². The molecule has 1 aromatic carbocycles. The summed E-state index contributed by atoms with van der Waals surface area (Å²) in [6.45, 7) is 1.93. The molecular weight excluding hydrogens is 195 g/mol. The molecule has 0 N–H and O–H groups in total. The van der Waals surface area contributed by atoms with Gasteiger partial charge in [-0.2, -0.15) is 5.10 Å². The monoisotopic (exact) mass is 206 g/mol. The summed E-state index contributed by atoms with van der Waals surface area (Å²) in [5.41, 5.74) is 1.72. The van der Waals surface area contributed by atoms with Crippen LogP contribution in [-0.2, 0) is 0 Å². The first kappa shape index (κ1) is 9.71. The standard InChI is InChI=1S/C11H11FN2O/c1-8-6-13-14(7-8)9-3-4-11(15-2)10(12)5-9/h3-7H,1-2H3. The molecule has 1 heterocycles. The highest BCUT2D eigenvalue weighted by Crippen LogP contribution is 2.19. The molecule has 0 spiro atoms. The van der Waals surface area contributed by atoms with E-state index in [2.05, 4.69) is 5.10 Å². The van der Waals surface area contributed by atoms with E-state index in [1.165, 1.54) is 13.2 Å². The molecule has 0 aliphatic rings. The number of hydrogen-bond acceptors (Lipinski definition) is 2. The van der Waals surface area contributed by atoms with Crippen LogP contribution in [0, 0.1) is 12.7 Å². The van der Waals surface area contributed by atoms with Gasteiger partial charge in [-0.3, -0.25) is 0 Å². The van der Waals surface area contributed by atoms with Gasteiger partial charge in [0.25, 0.3) is 0 Å². The van der Waals surface area contributed by atoms with Crippen molar-refractivity contribution in [2.75, 3.05) is 7.11 Å². The number of methoxy groups -OCH3 is 1. The third-order valence-corrected chi connectivity index (χ3v) is 2.11. The van der Waals surface area contributed by atoms with Crippen LogP contribution in [-0.4, -0.2) is 16.9 Å². The van der Waals surface area contributed by atoms with Crippen LogP contribution in [0.2, 0.25) is 0 Å². The van der Waals surface area contributed by atoms with Gasteiger partial charge in [-0.15, -0.1) is 0 Å². The summed E-state index contributed by atoms with van der Waals surface area (Å²) >= 11 is 0. The van der Waals surface area contributed by atoms with Crippen LogP contribution in [0.25, 0.3) is 5.69 Å². The molecule has 0 aliphatic heterocycles. The Morgan fingerprint density at radius 2 is 2.20 bits per heavy atom. The number of benzene rings is 1. The normalized spacial score (nSPS) is 10.3. The lowest BCUT2D eigenvalue weighted by atomic mass is 10.3. The maximum Gasteiger partial charge on any atom is 0.167 e. The van der Waals surface area contributed by atoms with Crippen molar-refractivity contribution in [1.82, 2.24) is 9.78 Å². The van der Waals surface area contributed by atoms with E-state index >= 15 is 0 Å². The van der Waals surface area contributed by atoms with Crippen molar-refractivity contribution in [2.45, 2.75) is 6.92 Å². The van der Waals surface area contributed by atoms with E-state index in [0.29, 0.717) is 5.69 Å². The number of halogens is 1. The first-order valence-electron chi connectivity index (χ1n) is 4.56. The van der Waals surface area contributed by atoms with Crippen LogP contribution in [0.4, 0.5) is 4.39 Å². The van der Waals surface area contributed by atoms with Gasteiger partial charge >= 0.3 is 0 Å². The zero-order valence-electron chi connectivity index (χ0n) is 8.57. The fraction of sp³-hybridized carbons (Fsp3) is 0.182. The van der Waals surface area contributed by atoms with Crippen molar-refractivity contribution >= 4 is 0 Å². The van der Waals surface area contributed by atoms with Crippen molar-refractivity contribution in [3.63, 3.8) is 0 Å². The van der Waals surface area contributed by atoms with Gasteiger partial charge in [0.2, 0.25) is 0 Å². The average molecular weight is 206 g/mol. The molecule has 0 aliphatic carbocycles. The van der Waals surface area contributed by atoms with Crippen LogP contribution in [0.15, 0.2) is 30.6 Å². The van der Waals surface area contributed by atoms with Crippen LogP contribution >= 0.6 is 0 Å². The maximum atomic E-state index is 13.4. The largest absolute Gasteiger partial charge is 0.494 e. The Morgan fingerprint density at radius 3 is 2.73 bits per heavy atom. The van der Waals surface area contributed by atoms with Crippen LogP contribution in [0.5, 0.6) is 5.75 Å². The summed E-state index contributed by atoms with van der Waals surface area (Å²) in [5.74, 6) is -0.147. The zero-order chi connectivity index (χ0) is 10.8. The van der Waals surface area contributed by atoms with Gasteiger partial charge in [0, 0.05) is 12.3 Å². The molecular formula is C11H11FN2O. The van der Waals surface area contributed by atoms with E-state index < -0.39 is 0 Å². The molecule has 3 nitrogen and oxygen atoms in total. The minimum Gasteiger partial charge on any atom is -0.494 e. The number of rotatable bonds is 2. The summed E-state index contributed by atoms with van der Waals surface area (Å²) in [5, 5.41) is 4.09. The number of ether oxygens (including phenoxy) is 1. The Bertz CT molecular complexity index is 479. The lowest BCUT2D eigenvalue weighted by molar-refractivity contribution is 0.386. The Labute approximate surface area is 87.1 Å². The molecule has 0 saturated heterocycles. The van der Waals surface area contributed by atoms with Gasteiger partial charge in [-0.05, 0) is 24.6 Å². The minimum absolute atomic E-state index is 0.239. The summed E-state index contributed by atoms with van der Waals surface area (Å²) in [6.07, 6.45) is 3.56. The molecule has 15 heavy (non-hydrogen) atoms. The summed E-state index contributed by atoms with van der Waals surface area (Å²) in [6, 6.07) is 4.74. The lowest BCUT2D eigenvalue weighted by Crippen LogP contribution is -1.96. The first-order chi connectivity index (χ1) is 7.20. The average Bonchev–Trinajstić information content (AvgIpc) is 2.65. The molecule has 78 valence electrons. The molecule has 0 radical (unpaired) electrons. The predicted molar refractivity (Wildman–Crippen MR) is 54.8 cm³/mol. The van der Waals surface area contributed by atoms with Crippen molar-refractivity contribution in [3.05, 3.63) is 42.0 Å². The second-order valence-corrected chi connectivity index (χ2v) is 3.28. The SMILES string of the molecule is COc1ccc(-n2cc(C)cn2)cc1F. The fourth-order valence-corrected chi connectivity index (χ4v) is 1.35. The van der Waals surface area contributed by atoms with Gasteiger partial charge in [0.1, 0.15) is 0 Å². The van der Waals surface area contributed by atoms with E-state index in [1.807, 2.05) is 13.1 Å². The number of nitrogens with zero attached hydrogens (tertiary/aromatic N) is 2. The topological polar surface area (TPSA) is 27.1 Å². The quantitative estimate of drug-likeness (QED) is 0.754. The molecule has 0 bridgehead atoms. The smallest absolute Gasteiger partial charge is 0.167 e. The summed E-state index contributed by atoms with van der Waals surface area (Å²) < 4.78 is 19.8. The predicted octanol–water partition coefficient (Wildman–Crippen LogP) is 2.33. The highest BCUT2D eigenvalue weighted by atomic mass is 19.1. The minimum atomic E-state index is -0.386. The van der Waals surface area contributed by atoms with E-state index in [9.17, 15) is 4.39 Å². The van der Waals surface area contributed by atoms with E-state index in [0.717, 1.165) is 5.56 Å². The summed E-state index contributed by atoms with van der Waals surface area (Å²) in [4.78, 5) is 0. The Morgan fingerprint density at radius 1 is 1.40 bits per heavy atom. The Hall–Kier alpha value is -1.84. The maximum absolute atomic E-state index is 13.4. The molecule has 0 saturated carbocycles. The highest BCUT2D eigenvalue weighted by Gasteiger charge is 2.05. The zero-order valence-corrected chi connectivity index (χ0v) is 8.57. The van der Waals surface area contributed by atoms with Crippen molar-refractivity contribution < 1.29 is 9.13 Å². The molecule has 0 amide bonds. The molecule has 2 rings (SSSR count). The molecule has 0 unspecified atom stereocenters. The van der Waals surface area contributed by atoms with Crippen LogP contribution < -0.4 is 4.74 Å². The lowest BCUT2D eigenvalue weighted by Gasteiger charge is -2.04. The van der Waals surface area contributed by atoms with Crippen molar-refractivity contribution in [1.29, 1.82) is 0 Å². The van der Waals surface area contributed by atoms with Crippen LogP contribution in [0.3, 0.4) is 0 Å². The number of aryl methyl sites for hydroxylation is 1. The second kappa shape index (κ2) is 3.73. The molecule has 0 fully saturated rings. The molecule has 2 aromatic rings. The molecule has 1 aromatic heterocycles. The van der Waals surface area contributed by atoms with E-state index in [4.69, 9.17) is 4.74 Å². The van der Waals surface area contributed by atoms with Gasteiger partial charge in [-0.1, -0.05) is 0 Å². The van der Waals surface area contributed by atoms with Gasteiger partial charge < -0.3 is 4.74 Å². The Balaban J connectivity index is 2.42. The van der Waals surface area contributed by atoms with Gasteiger partial charge in [-0.25, -0.2) is 9.07 Å².